The van der Waals surface area contributed by atoms with Crippen LogP contribution in [-0.4, -0.2) is 98.9 Å². The lowest BCUT2D eigenvalue weighted by Gasteiger charge is -2.41. The molecule has 1 aliphatic carbocycles. The van der Waals surface area contributed by atoms with E-state index in [2.05, 4.69) is 92.8 Å². The van der Waals surface area contributed by atoms with Crippen LogP contribution in [0.25, 0.3) is 0 Å². The minimum absolute atomic E-state index is 0.0678. The van der Waals surface area contributed by atoms with Crippen LogP contribution in [0.3, 0.4) is 0 Å². The normalized spacial score (nSPS) is 24.2. The number of carbonyl (C=O) groups is 1. The van der Waals surface area contributed by atoms with Crippen molar-refractivity contribution >= 4 is 13.8 Å². The van der Waals surface area contributed by atoms with Crippen molar-refractivity contribution < 1.29 is 58.3 Å². The van der Waals surface area contributed by atoms with Gasteiger partial charge in [0, 0.05) is 6.61 Å². The molecule has 0 aliphatic heterocycles. The van der Waals surface area contributed by atoms with Gasteiger partial charge in [0.25, 0.3) is 0 Å². The molecule has 1 fully saturated rings. The first-order valence-corrected chi connectivity index (χ1v) is 21.2. The van der Waals surface area contributed by atoms with Crippen molar-refractivity contribution in [2.45, 2.75) is 134 Å². The third-order valence-electron chi connectivity index (χ3n) is 8.17. The fourth-order valence-electron chi connectivity index (χ4n) is 5.08. The summed E-state index contributed by atoms with van der Waals surface area (Å²) >= 11 is 0. The van der Waals surface area contributed by atoms with Crippen LogP contribution in [-0.2, 0) is 27.9 Å². The molecule has 6 atom stereocenters. The minimum Gasteiger partial charge on any atom is -0.457 e. The summed E-state index contributed by atoms with van der Waals surface area (Å²) in [4.78, 5) is 23.0. The molecule has 56 heavy (non-hydrogen) atoms. The number of hydrogen-bond acceptors (Lipinski definition) is 11. The van der Waals surface area contributed by atoms with Crippen LogP contribution in [0.1, 0.15) is 90.9 Å². The Morgan fingerprint density at radius 1 is 0.571 bits per heavy atom. The highest BCUT2D eigenvalue weighted by Crippen LogP contribution is 2.47. The Balaban J connectivity index is 2.60. The van der Waals surface area contributed by atoms with Gasteiger partial charge >= 0.3 is 13.8 Å². The van der Waals surface area contributed by atoms with Gasteiger partial charge in [0.2, 0.25) is 0 Å². The Labute approximate surface area is 334 Å². The lowest BCUT2D eigenvalue weighted by Crippen LogP contribution is -2.64. The molecule has 0 radical (unpaired) electrons. The molecule has 13 heteroatoms. The van der Waals surface area contributed by atoms with Gasteiger partial charge in [-0.05, 0) is 70.6 Å². The second kappa shape index (κ2) is 33.0. The molecule has 0 heterocycles. The highest BCUT2D eigenvalue weighted by Gasteiger charge is 2.51. The van der Waals surface area contributed by atoms with E-state index in [9.17, 15) is 39.8 Å². The fourth-order valence-corrected chi connectivity index (χ4v) is 6.05. The maximum atomic E-state index is 12.7. The van der Waals surface area contributed by atoms with E-state index in [1.54, 1.807) is 6.08 Å². The largest absolute Gasteiger partial charge is 0.472 e. The first kappa shape index (κ1) is 51.0. The van der Waals surface area contributed by atoms with Crippen LogP contribution >= 0.6 is 7.82 Å². The summed E-state index contributed by atoms with van der Waals surface area (Å²) in [6.45, 7) is 3.73. The zero-order valence-corrected chi connectivity index (χ0v) is 34.0. The zero-order chi connectivity index (χ0) is 41.3. The van der Waals surface area contributed by atoms with E-state index in [1.165, 1.54) is 0 Å². The maximum absolute atomic E-state index is 12.7. The quantitative estimate of drug-likeness (QED) is 0.0190. The number of rotatable bonds is 30. The van der Waals surface area contributed by atoms with Crippen molar-refractivity contribution in [1.82, 2.24) is 0 Å². The van der Waals surface area contributed by atoms with E-state index in [0.717, 1.165) is 57.8 Å². The van der Waals surface area contributed by atoms with Gasteiger partial charge in [0.15, 0.2) is 0 Å². The first-order chi connectivity index (χ1) is 27.0. The second-order valence-electron chi connectivity index (χ2n) is 13.0. The highest BCUT2D eigenvalue weighted by molar-refractivity contribution is 7.47. The summed E-state index contributed by atoms with van der Waals surface area (Å²) in [5.74, 6) is -0.629. The molecule has 0 aromatic carbocycles. The van der Waals surface area contributed by atoms with Crippen LogP contribution in [0.4, 0.5) is 0 Å². The van der Waals surface area contributed by atoms with Gasteiger partial charge in [-0.2, -0.15) is 0 Å². The third-order valence-corrected chi connectivity index (χ3v) is 9.16. The summed E-state index contributed by atoms with van der Waals surface area (Å²) in [5, 5.41) is 50.0. The molecule has 0 amide bonds. The van der Waals surface area contributed by atoms with E-state index in [4.69, 9.17) is 18.5 Å². The predicted octanol–water partition coefficient (Wildman–Crippen LogP) is 6.96. The van der Waals surface area contributed by atoms with Crippen molar-refractivity contribution in [3.63, 3.8) is 0 Å². The SMILES string of the molecule is CC/C=C\C/C=C\C/C=C\C/C=C\C/C=C\CC(=O)OC(COCCC/C=C\C/C=C\C/C=C\C/C=C\CC)COP(=O)(O)OC1C(O)C(O)C(O)C(O)C1O. The lowest BCUT2D eigenvalue weighted by atomic mass is 9.85. The molecule has 0 bridgehead atoms. The van der Waals surface area contributed by atoms with E-state index in [-0.39, 0.29) is 13.0 Å². The number of allylic oxidation sites excluding steroid dienone is 17. The smallest absolute Gasteiger partial charge is 0.457 e. The zero-order valence-electron chi connectivity index (χ0n) is 33.1. The Morgan fingerprint density at radius 2 is 0.964 bits per heavy atom. The van der Waals surface area contributed by atoms with E-state index < -0.39 is 63.1 Å². The molecule has 0 aromatic heterocycles. The van der Waals surface area contributed by atoms with Crippen LogP contribution in [0.2, 0.25) is 0 Å². The summed E-state index contributed by atoms with van der Waals surface area (Å²) in [6.07, 6.45) is 33.5. The first-order valence-electron chi connectivity index (χ1n) is 19.7. The van der Waals surface area contributed by atoms with Gasteiger partial charge in [-0.15, -0.1) is 0 Å². The van der Waals surface area contributed by atoms with Crippen molar-refractivity contribution in [1.29, 1.82) is 0 Å². The van der Waals surface area contributed by atoms with E-state index in [0.29, 0.717) is 19.4 Å². The molecule has 6 unspecified atom stereocenters. The van der Waals surface area contributed by atoms with Gasteiger partial charge in [-0.3, -0.25) is 13.8 Å². The molecular formula is C43H67O12P. The molecule has 0 aromatic rings. The van der Waals surface area contributed by atoms with Crippen LogP contribution in [0.15, 0.2) is 109 Å². The average Bonchev–Trinajstić information content (AvgIpc) is 3.18. The molecule has 12 nitrogen and oxygen atoms in total. The summed E-state index contributed by atoms with van der Waals surface area (Å²) in [5.41, 5.74) is 0. The predicted molar refractivity (Wildman–Crippen MR) is 220 cm³/mol. The molecule has 1 aliphatic rings. The molecular weight excluding hydrogens is 739 g/mol. The van der Waals surface area contributed by atoms with Crippen molar-refractivity contribution in [3.05, 3.63) is 109 Å². The minimum atomic E-state index is -5.06. The number of ether oxygens (including phenoxy) is 2. The Bertz CT molecular complexity index is 1330. The topological polar surface area (TPSA) is 192 Å². The number of esters is 1. The Kier molecular flexibility index (Phi) is 30.1. The monoisotopic (exact) mass is 806 g/mol. The van der Waals surface area contributed by atoms with Gasteiger partial charge in [0.05, 0.1) is 19.6 Å². The number of phosphoric ester groups is 1. The van der Waals surface area contributed by atoms with Crippen LogP contribution in [0.5, 0.6) is 0 Å². The molecule has 1 rings (SSSR count). The molecule has 6 N–H and O–H groups in total. The summed E-state index contributed by atoms with van der Waals surface area (Å²) < 4.78 is 33.8. The third kappa shape index (κ3) is 25.3. The number of carbonyl (C=O) groups excluding carboxylic acids is 1. The van der Waals surface area contributed by atoms with E-state index >= 15 is 0 Å². The number of aliphatic hydroxyl groups is 5. The second-order valence-corrected chi connectivity index (χ2v) is 14.4. The number of aliphatic hydroxyl groups excluding tert-OH is 5. The number of unbranched alkanes of at least 4 members (excludes halogenated alkanes) is 1. The fraction of sp³-hybridized carbons (Fsp3) is 0.558. The number of phosphoric acid groups is 1. The van der Waals surface area contributed by atoms with Crippen LogP contribution in [0, 0.1) is 0 Å². The van der Waals surface area contributed by atoms with Gasteiger partial charge in [-0.1, -0.05) is 123 Å². The van der Waals surface area contributed by atoms with Gasteiger partial charge in [-0.25, -0.2) is 4.57 Å². The summed E-state index contributed by atoms with van der Waals surface area (Å²) in [6, 6.07) is 0. The Hall–Kier alpha value is -3.00. The molecule has 316 valence electrons. The van der Waals surface area contributed by atoms with Gasteiger partial charge in [0.1, 0.15) is 42.7 Å². The number of hydrogen-bond donors (Lipinski definition) is 6. The van der Waals surface area contributed by atoms with Gasteiger partial charge < -0.3 is 39.9 Å². The highest BCUT2D eigenvalue weighted by atomic mass is 31.2. The van der Waals surface area contributed by atoms with Crippen molar-refractivity contribution in [2.24, 2.45) is 0 Å². The van der Waals surface area contributed by atoms with Crippen molar-refractivity contribution in [2.75, 3.05) is 19.8 Å². The molecule has 1 saturated carbocycles. The van der Waals surface area contributed by atoms with Crippen LogP contribution < -0.4 is 0 Å². The standard InChI is InChI=1S/C43H67O12P/c1-3-5-7-9-11-13-15-17-19-20-22-24-26-28-30-32-37(44)54-36(34-52-33-31-29-27-25-23-21-18-16-14-12-10-8-6-4-2)35-53-56(50,51)55-43-41(48)39(46)38(45)40(47)42(43)49/h5-8,11-14,17-19,21-22,24-25,27-28,30,36,38-43,45-49H,3-4,9-10,15-16,20,23,26,29,31-35H2,1-2H3,(H,50,51)/b7-5-,8-6-,13-11-,14-12-,19-17-,21-18-,24-22-,27-25-,30-28-. The summed E-state index contributed by atoms with van der Waals surface area (Å²) in [7, 11) is -5.06. The average molecular weight is 807 g/mol. The molecule has 0 spiro atoms. The van der Waals surface area contributed by atoms with Crippen molar-refractivity contribution in [3.8, 4) is 0 Å². The molecule has 0 saturated heterocycles. The lowest BCUT2D eigenvalue weighted by molar-refractivity contribution is -0.220. The van der Waals surface area contributed by atoms with E-state index in [1.807, 2.05) is 24.3 Å². The Morgan fingerprint density at radius 3 is 1.41 bits per heavy atom. The maximum Gasteiger partial charge on any atom is 0.472 e.